The van der Waals surface area contributed by atoms with Crippen LogP contribution in [0.5, 0.6) is 0 Å². The minimum absolute atomic E-state index is 0.00171. The van der Waals surface area contributed by atoms with Crippen LogP contribution in [0.4, 0.5) is 5.69 Å². The first-order valence-electron chi connectivity index (χ1n) is 5.01. The molecule has 20 heavy (non-hydrogen) atoms. The van der Waals surface area contributed by atoms with Gasteiger partial charge in [0, 0.05) is 33.4 Å². The van der Waals surface area contributed by atoms with E-state index in [9.17, 15) is 21.7 Å². The molecule has 108 valence electrons. The second-order valence-electron chi connectivity index (χ2n) is 3.85. The van der Waals surface area contributed by atoms with Crippen LogP contribution in [0.15, 0.2) is 39.0 Å². The highest BCUT2D eigenvalue weighted by molar-refractivity contribution is 7.93. The van der Waals surface area contributed by atoms with E-state index >= 15 is 0 Å². The number of nitrogens with two attached hydrogens (primary N) is 1. The van der Waals surface area contributed by atoms with E-state index in [0.717, 1.165) is 6.07 Å². The fourth-order valence-corrected chi connectivity index (χ4v) is 3.53. The monoisotopic (exact) mass is 335 g/mol. The largest absolute Gasteiger partial charge is 0.399 e. The van der Waals surface area contributed by atoms with Gasteiger partial charge in [-0.1, -0.05) is 0 Å². The van der Waals surface area contributed by atoms with E-state index in [2.05, 4.69) is 0 Å². The molecule has 0 aliphatic heterocycles. The van der Waals surface area contributed by atoms with Crippen LogP contribution in [0, 0.1) is 0 Å². The molecule has 0 spiro atoms. The number of fused-ring (bicyclic) bond motifs is 1. The molecule has 2 aromatic rings. The van der Waals surface area contributed by atoms with Crippen LogP contribution in [-0.4, -0.2) is 26.3 Å². The van der Waals surface area contributed by atoms with Crippen molar-refractivity contribution in [3.63, 3.8) is 0 Å². The van der Waals surface area contributed by atoms with E-state index in [1.54, 1.807) is 0 Å². The van der Waals surface area contributed by atoms with Crippen LogP contribution in [0.25, 0.3) is 10.8 Å². The van der Waals surface area contributed by atoms with Gasteiger partial charge in [-0.3, -0.25) is 4.55 Å². The molecule has 0 aliphatic carbocycles. The van der Waals surface area contributed by atoms with Crippen LogP contribution in [0.1, 0.15) is 0 Å². The van der Waals surface area contributed by atoms with Crippen LogP contribution in [0.3, 0.4) is 0 Å². The average molecular weight is 335 g/mol. The first kappa shape index (κ1) is 15.2. The summed E-state index contributed by atoms with van der Waals surface area (Å²) in [5.74, 6) is 0. The van der Waals surface area contributed by atoms with Gasteiger partial charge in [0.05, 0.1) is 4.90 Å². The first-order valence-corrected chi connectivity index (χ1v) is 8.33. The van der Waals surface area contributed by atoms with Gasteiger partial charge >= 0.3 is 0 Å². The lowest BCUT2D eigenvalue weighted by Crippen LogP contribution is -2.02. The van der Waals surface area contributed by atoms with Gasteiger partial charge in [0.1, 0.15) is 4.90 Å². The Morgan fingerprint density at radius 1 is 1.15 bits per heavy atom. The third-order valence-corrected chi connectivity index (χ3v) is 4.62. The molecule has 1 atom stereocenters. The summed E-state index contributed by atoms with van der Waals surface area (Å²) in [5.41, 5.74) is 5.57. The summed E-state index contributed by atoms with van der Waals surface area (Å²) in [5, 5.41) is 0.106. The summed E-state index contributed by atoms with van der Waals surface area (Å²) < 4.78 is 61.6. The molecule has 0 saturated carbocycles. The van der Waals surface area contributed by atoms with Crippen LogP contribution in [0.2, 0.25) is 0 Å². The normalized spacial score (nSPS) is 13.6. The average Bonchev–Trinajstić information content (AvgIpc) is 2.35. The van der Waals surface area contributed by atoms with Crippen molar-refractivity contribution in [1.82, 2.24) is 0 Å². The lowest BCUT2D eigenvalue weighted by atomic mass is 10.1. The molecule has 0 radical (unpaired) electrons. The summed E-state index contributed by atoms with van der Waals surface area (Å²) >= 11 is -2.13. The Morgan fingerprint density at radius 2 is 1.80 bits per heavy atom. The van der Waals surface area contributed by atoms with Gasteiger partial charge in [0.15, 0.2) is 11.1 Å². The Bertz CT molecular complexity index is 817. The molecule has 0 fully saturated rings. The summed E-state index contributed by atoms with van der Waals surface area (Å²) in [4.78, 5) is -0.448. The molecule has 1 unspecified atom stereocenters. The fraction of sp³-hybridized carbons (Fsp3) is 0. The topological polar surface area (TPSA) is 138 Å². The van der Waals surface area contributed by atoms with Crippen molar-refractivity contribution in [2.24, 2.45) is 0 Å². The Morgan fingerprint density at radius 3 is 2.30 bits per heavy atom. The van der Waals surface area contributed by atoms with Crippen molar-refractivity contribution in [2.75, 3.05) is 5.73 Å². The predicted molar refractivity (Wildman–Crippen MR) is 75.7 cm³/mol. The van der Waals surface area contributed by atoms with E-state index in [-0.39, 0.29) is 38.3 Å². The van der Waals surface area contributed by atoms with Crippen molar-refractivity contribution in [2.45, 2.75) is 14.7 Å². The standard InChI is InChI=1S/C10H9NO6S3/c11-5-1-7-8(10(2-5)20(15,16)17)3-6(18-12)4-9(7)19(13)14/h1-4,12H,11H2,(H,13,14)(H,15,16,17). The van der Waals surface area contributed by atoms with Crippen LogP contribution in [-0.2, 0) is 21.2 Å². The van der Waals surface area contributed by atoms with E-state index in [4.69, 9.17) is 10.3 Å². The molecule has 0 saturated heterocycles. The molecular weight excluding hydrogens is 326 g/mol. The highest BCUT2D eigenvalue weighted by Crippen LogP contribution is 2.33. The van der Waals surface area contributed by atoms with E-state index < -0.39 is 26.1 Å². The maximum Gasteiger partial charge on any atom is 0.295 e. The van der Waals surface area contributed by atoms with E-state index in [1.165, 1.54) is 18.2 Å². The zero-order valence-electron chi connectivity index (χ0n) is 9.68. The zero-order valence-corrected chi connectivity index (χ0v) is 12.1. The van der Waals surface area contributed by atoms with Crippen molar-refractivity contribution in [3.8, 4) is 0 Å². The third-order valence-electron chi connectivity index (χ3n) is 2.56. The molecule has 10 heteroatoms. The van der Waals surface area contributed by atoms with Gasteiger partial charge in [0.2, 0.25) is 0 Å². The minimum Gasteiger partial charge on any atom is -0.399 e. The van der Waals surface area contributed by atoms with Crippen molar-refractivity contribution < 1.29 is 26.3 Å². The Hall–Kier alpha value is -1.17. The fourth-order valence-electron chi connectivity index (χ4n) is 1.80. The predicted octanol–water partition coefficient (Wildman–Crippen LogP) is 1.81. The first-order chi connectivity index (χ1) is 9.24. The van der Waals surface area contributed by atoms with Gasteiger partial charge in [-0.25, -0.2) is 4.21 Å². The highest BCUT2D eigenvalue weighted by atomic mass is 32.2. The van der Waals surface area contributed by atoms with Crippen molar-refractivity contribution >= 4 is 49.7 Å². The molecular formula is C10H9NO6S3. The van der Waals surface area contributed by atoms with Crippen LogP contribution < -0.4 is 5.73 Å². The maximum absolute atomic E-state index is 11.4. The number of hydrogen-bond acceptors (Lipinski definition) is 6. The minimum atomic E-state index is -4.57. The second kappa shape index (κ2) is 5.31. The van der Waals surface area contributed by atoms with Crippen molar-refractivity contribution in [3.05, 3.63) is 24.3 Å². The summed E-state index contributed by atoms with van der Waals surface area (Å²) in [7, 11) is -4.57. The Labute approximate surface area is 121 Å². The van der Waals surface area contributed by atoms with Gasteiger partial charge in [-0.05, 0) is 24.3 Å². The molecule has 7 nitrogen and oxygen atoms in total. The molecule has 0 heterocycles. The zero-order chi connectivity index (χ0) is 15.1. The second-order valence-corrected chi connectivity index (χ2v) is 6.83. The molecule has 2 rings (SSSR count). The third kappa shape index (κ3) is 2.80. The number of anilines is 1. The molecule has 0 aromatic heterocycles. The number of nitrogen functional groups attached to an aromatic ring is 1. The Kier molecular flexibility index (Phi) is 4.04. The Balaban J connectivity index is 3.04. The molecule has 0 amide bonds. The summed E-state index contributed by atoms with van der Waals surface area (Å²) in [6.45, 7) is 0. The van der Waals surface area contributed by atoms with Gasteiger partial charge in [0.25, 0.3) is 10.1 Å². The van der Waals surface area contributed by atoms with Gasteiger partial charge in [-0.15, -0.1) is 0 Å². The van der Waals surface area contributed by atoms with E-state index in [1.807, 2.05) is 0 Å². The van der Waals surface area contributed by atoms with Gasteiger partial charge in [-0.2, -0.15) is 8.42 Å². The van der Waals surface area contributed by atoms with Gasteiger partial charge < -0.3 is 14.8 Å². The molecule has 0 aliphatic rings. The maximum atomic E-state index is 11.4. The quantitative estimate of drug-likeness (QED) is 0.288. The molecule has 0 bridgehead atoms. The number of rotatable bonds is 3. The van der Waals surface area contributed by atoms with E-state index in [0.29, 0.717) is 0 Å². The summed E-state index contributed by atoms with van der Waals surface area (Å²) in [6.07, 6.45) is 0. The molecule has 5 N–H and O–H groups in total. The van der Waals surface area contributed by atoms with Crippen LogP contribution >= 0.6 is 12.0 Å². The van der Waals surface area contributed by atoms with Crippen molar-refractivity contribution in [1.29, 1.82) is 0 Å². The SMILES string of the molecule is Nc1cc(S(=O)(=O)O)c2cc(SO)cc(S(=O)O)c2c1. The smallest absolute Gasteiger partial charge is 0.295 e. The summed E-state index contributed by atoms with van der Waals surface area (Å²) in [6, 6.07) is 4.86. The molecule has 2 aromatic carbocycles. The lowest BCUT2D eigenvalue weighted by Gasteiger charge is -2.10. The number of hydrogen-bond donors (Lipinski definition) is 4. The lowest BCUT2D eigenvalue weighted by molar-refractivity contribution is 0.484. The number of benzene rings is 2. The highest BCUT2D eigenvalue weighted by Gasteiger charge is 2.19.